The summed E-state index contributed by atoms with van der Waals surface area (Å²) in [5.41, 5.74) is 0.232. The summed E-state index contributed by atoms with van der Waals surface area (Å²) >= 11 is 0. The van der Waals surface area contributed by atoms with E-state index in [-0.39, 0.29) is 17.3 Å². The molecule has 1 aromatic rings. The Hall–Kier alpha value is -2.15. The van der Waals surface area contributed by atoms with Gasteiger partial charge in [0.25, 0.3) is 5.69 Å². The summed E-state index contributed by atoms with van der Waals surface area (Å²) in [7, 11) is 3.86. The van der Waals surface area contributed by atoms with Crippen molar-refractivity contribution in [1.82, 2.24) is 4.90 Å². The molecule has 7 heteroatoms. The van der Waals surface area contributed by atoms with E-state index in [4.69, 9.17) is 5.11 Å². The summed E-state index contributed by atoms with van der Waals surface area (Å²) < 4.78 is 0. The van der Waals surface area contributed by atoms with E-state index in [1.54, 1.807) is 0 Å². The fraction of sp³-hybridized carbons (Fsp3) is 0.500. The molecule has 1 heterocycles. The second-order valence-corrected chi connectivity index (χ2v) is 5.43. The molecule has 0 amide bonds. The number of likely N-dealkylation sites (tertiary alicyclic amines) is 1. The molecule has 0 saturated carbocycles. The largest absolute Gasteiger partial charge is 0.478 e. The van der Waals surface area contributed by atoms with Crippen molar-refractivity contribution in [1.29, 1.82) is 0 Å². The molecule has 0 spiro atoms. The normalized spacial score (nSPS) is 19.2. The van der Waals surface area contributed by atoms with Crippen LogP contribution in [0.5, 0.6) is 0 Å². The molecule has 1 aliphatic heterocycles. The number of nitro groups is 1. The number of hydrogen-bond acceptors (Lipinski definition) is 5. The highest BCUT2D eigenvalue weighted by molar-refractivity contribution is 5.89. The van der Waals surface area contributed by atoms with Gasteiger partial charge in [-0.3, -0.25) is 10.1 Å². The summed E-state index contributed by atoms with van der Waals surface area (Å²) in [5.74, 6) is -1.16. The van der Waals surface area contributed by atoms with E-state index in [2.05, 4.69) is 4.90 Å². The Kier molecular flexibility index (Phi) is 4.42. The molecule has 0 aliphatic carbocycles. The first-order chi connectivity index (χ1) is 9.90. The van der Waals surface area contributed by atoms with Crippen molar-refractivity contribution in [2.24, 2.45) is 0 Å². The number of hydrogen-bond donors (Lipinski definition) is 1. The lowest BCUT2D eigenvalue weighted by Gasteiger charge is -2.36. The molecule has 1 aromatic carbocycles. The maximum absolute atomic E-state index is 11.2. The monoisotopic (exact) mass is 293 g/mol. The number of carbonyl (C=O) groups is 1. The van der Waals surface area contributed by atoms with Gasteiger partial charge >= 0.3 is 5.97 Å². The van der Waals surface area contributed by atoms with Crippen LogP contribution in [0, 0.1) is 10.1 Å². The zero-order chi connectivity index (χ0) is 15.6. The van der Waals surface area contributed by atoms with Crippen LogP contribution in [0.3, 0.4) is 0 Å². The standard InChI is InChI=1S/C14H19N3O4/c1-15-7-3-4-11(9-15)16(2)12-6-5-10(14(18)19)8-13(12)17(20)21/h5-6,8,11H,3-4,7,9H2,1-2H3,(H,18,19). The maximum atomic E-state index is 11.2. The number of benzene rings is 1. The summed E-state index contributed by atoms with van der Waals surface area (Å²) in [6.45, 7) is 1.87. The Morgan fingerprint density at radius 1 is 1.52 bits per heavy atom. The molecular formula is C14H19N3O4. The summed E-state index contributed by atoms with van der Waals surface area (Å²) in [5, 5.41) is 20.2. The third-order valence-corrected chi connectivity index (χ3v) is 3.95. The van der Waals surface area contributed by atoms with Crippen molar-refractivity contribution < 1.29 is 14.8 Å². The summed E-state index contributed by atoms with van der Waals surface area (Å²) in [6.07, 6.45) is 2.02. The van der Waals surface area contributed by atoms with Crippen molar-refractivity contribution in [2.45, 2.75) is 18.9 Å². The van der Waals surface area contributed by atoms with Gasteiger partial charge in [0.2, 0.25) is 0 Å². The molecule has 1 saturated heterocycles. The SMILES string of the molecule is CN1CCCC(N(C)c2ccc(C(=O)O)cc2[N+](=O)[O-])C1. The fourth-order valence-electron chi connectivity index (χ4n) is 2.75. The molecule has 1 aliphatic rings. The Bertz CT molecular complexity index is 561. The number of carboxylic acids is 1. The van der Waals surface area contributed by atoms with Gasteiger partial charge in [-0.05, 0) is 38.6 Å². The second-order valence-electron chi connectivity index (χ2n) is 5.43. The second kappa shape index (κ2) is 6.09. The van der Waals surface area contributed by atoms with Crippen LogP contribution in [-0.2, 0) is 0 Å². The highest BCUT2D eigenvalue weighted by Gasteiger charge is 2.26. The van der Waals surface area contributed by atoms with Crippen molar-refractivity contribution in [3.8, 4) is 0 Å². The molecule has 1 fully saturated rings. The Balaban J connectivity index is 2.33. The number of nitrogens with zero attached hydrogens (tertiary/aromatic N) is 3. The lowest BCUT2D eigenvalue weighted by atomic mass is 10.0. The minimum Gasteiger partial charge on any atom is -0.478 e. The quantitative estimate of drug-likeness (QED) is 0.673. The van der Waals surface area contributed by atoms with E-state index in [0.717, 1.165) is 32.0 Å². The topological polar surface area (TPSA) is 86.9 Å². The van der Waals surface area contributed by atoms with E-state index in [1.165, 1.54) is 12.1 Å². The minimum atomic E-state index is -1.16. The number of carboxylic acid groups (broad SMARTS) is 1. The first kappa shape index (κ1) is 15.2. The Morgan fingerprint density at radius 2 is 2.24 bits per heavy atom. The average molecular weight is 293 g/mol. The Morgan fingerprint density at radius 3 is 2.81 bits per heavy atom. The Labute approximate surface area is 122 Å². The zero-order valence-corrected chi connectivity index (χ0v) is 12.2. The van der Waals surface area contributed by atoms with E-state index < -0.39 is 10.9 Å². The molecule has 1 unspecified atom stereocenters. The molecule has 2 rings (SSSR count). The number of nitro benzene ring substituents is 1. The first-order valence-corrected chi connectivity index (χ1v) is 6.83. The molecule has 1 N–H and O–H groups in total. The zero-order valence-electron chi connectivity index (χ0n) is 12.2. The van der Waals surface area contributed by atoms with Crippen molar-refractivity contribution >= 4 is 17.3 Å². The molecule has 21 heavy (non-hydrogen) atoms. The molecule has 0 aromatic heterocycles. The number of likely N-dealkylation sites (N-methyl/N-ethyl adjacent to an activating group) is 2. The molecule has 0 radical (unpaired) electrons. The van der Waals surface area contributed by atoms with Crippen LogP contribution in [0.1, 0.15) is 23.2 Å². The molecule has 1 atom stereocenters. The van der Waals surface area contributed by atoms with E-state index in [0.29, 0.717) is 5.69 Å². The van der Waals surface area contributed by atoms with Crippen LogP contribution in [0.15, 0.2) is 18.2 Å². The third-order valence-electron chi connectivity index (χ3n) is 3.95. The van der Waals surface area contributed by atoms with Crippen LogP contribution < -0.4 is 4.90 Å². The smallest absolute Gasteiger partial charge is 0.335 e. The lowest BCUT2D eigenvalue weighted by Crippen LogP contribution is -2.45. The lowest BCUT2D eigenvalue weighted by molar-refractivity contribution is -0.384. The predicted molar refractivity (Wildman–Crippen MR) is 79.0 cm³/mol. The number of piperidine rings is 1. The van der Waals surface area contributed by atoms with Crippen LogP contribution in [-0.4, -0.2) is 54.1 Å². The van der Waals surface area contributed by atoms with Gasteiger partial charge in [0.15, 0.2) is 0 Å². The van der Waals surface area contributed by atoms with E-state index in [1.807, 2.05) is 19.0 Å². The van der Waals surface area contributed by atoms with Gasteiger partial charge in [-0.2, -0.15) is 0 Å². The maximum Gasteiger partial charge on any atom is 0.335 e. The molecule has 0 bridgehead atoms. The van der Waals surface area contributed by atoms with Crippen molar-refractivity contribution in [3.63, 3.8) is 0 Å². The average Bonchev–Trinajstić information content (AvgIpc) is 2.45. The van der Waals surface area contributed by atoms with Gasteiger partial charge in [-0.25, -0.2) is 4.79 Å². The van der Waals surface area contributed by atoms with Crippen LogP contribution >= 0.6 is 0 Å². The highest BCUT2D eigenvalue weighted by Crippen LogP contribution is 2.31. The van der Waals surface area contributed by atoms with Crippen LogP contribution in [0.4, 0.5) is 11.4 Å². The van der Waals surface area contributed by atoms with Gasteiger partial charge in [0.05, 0.1) is 10.5 Å². The van der Waals surface area contributed by atoms with Gasteiger partial charge in [0, 0.05) is 25.7 Å². The van der Waals surface area contributed by atoms with Crippen molar-refractivity contribution in [3.05, 3.63) is 33.9 Å². The fourth-order valence-corrected chi connectivity index (χ4v) is 2.75. The number of aromatic carboxylic acids is 1. The molecule has 7 nitrogen and oxygen atoms in total. The minimum absolute atomic E-state index is 0.0698. The highest BCUT2D eigenvalue weighted by atomic mass is 16.6. The van der Waals surface area contributed by atoms with Crippen LogP contribution in [0.25, 0.3) is 0 Å². The number of rotatable bonds is 4. The third kappa shape index (κ3) is 3.30. The summed E-state index contributed by atoms with van der Waals surface area (Å²) in [6, 6.07) is 4.25. The van der Waals surface area contributed by atoms with E-state index >= 15 is 0 Å². The number of anilines is 1. The van der Waals surface area contributed by atoms with E-state index in [9.17, 15) is 14.9 Å². The predicted octanol–water partition coefficient (Wildman–Crippen LogP) is 1.82. The van der Waals surface area contributed by atoms with Crippen molar-refractivity contribution in [2.75, 3.05) is 32.1 Å². The van der Waals surface area contributed by atoms with Gasteiger partial charge in [-0.1, -0.05) is 0 Å². The van der Waals surface area contributed by atoms with Crippen LogP contribution in [0.2, 0.25) is 0 Å². The van der Waals surface area contributed by atoms with Gasteiger partial charge in [0.1, 0.15) is 5.69 Å². The molecular weight excluding hydrogens is 274 g/mol. The van der Waals surface area contributed by atoms with Gasteiger partial charge in [-0.15, -0.1) is 0 Å². The summed E-state index contributed by atoms with van der Waals surface area (Å²) in [4.78, 5) is 25.7. The van der Waals surface area contributed by atoms with Gasteiger partial charge < -0.3 is 14.9 Å². The molecule has 114 valence electrons. The first-order valence-electron chi connectivity index (χ1n) is 6.83.